The molecule has 3 rings (SSSR count). The van der Waals surface area contributed by atoms with Crippen molar-refractivity contribution in [2.24, 2.45) is 0 Å². The Morgan fingerprint density at radius 1 is 1.19 bits per heavy atom. The predicted octanol–water partition coefficient (Wildman–Crippen LogP) is 4.65. The fraction of sp³-hybridized carbons (Fsp3) is 0.235. The smallest absolute Gasteiger partial charge is 0.0982 e. The Bertz CT molecular complexity index is 718. The Kier molecular flexibility index (Phi) is 4.54. The van der Waals surface area contributed by atoms with Gasteiger partial charge in [-0.15, -0.1) is 11.3 Å². The van der Waals surface area contributed by atoms with E-state index in [-0.39, 0.29) is 0 Å². The molecule has 108 valence electrons. The quantitative estimate of drug-likeness (QED) is 0.741. The van der Waals surface area contributed by atoms with E-state index in [2.05, 4.69) is 41.5 Å². The van der Waals surface area contributed by atoms with Crippen molar-refractivity contribution in [3.05, 3.63) is 63.6 Å². The predicted molar refractivity (Wildman–Crippen MR) is 91.3 cm³/mol. The average Bonchev–Trinajstić information content (AvgIpc) is 2.90. The van der Waals surface area contributed by atoms with Gasteiger partial charge in [0, 0.05) is 18.0 Å². The largest absolute Gasteiger partial charge is 0.313 e. The van der Waals surface area contributed by atoms with Crippen LogP contribution in [0.5, 0.6) is 0 Å². The molecule has 3 aromatic rings. The van der Waals surface area contributed by atoms with Gasteiger partial charge in [-0.25, -0.2) is 4.98 Å². The molecule has 0 saturated heterocycles. The van der Waals surface area contributed by atoms with Crippen molar-refractivity contribution in [3.63, 3.8) is 0 Å². The molecule has 2 nitrogen and oxygen atoms in total. The maximum atomic E-state index is 6.41. The Balaban J connectivity index is 1.80. The van der Waals surface area contributed by atoms with E-state index in [1.807, 2.05) is 18.2 Å². The minimum Gasteiger partial charge on any atom is -0.313 e. The highest BCUT2D eigenvalue weighted by molar-refractivity contribution is 7.18. The molecule has 1 heterocycles. The number of thiazole rings is 1. The molecule has 0 aliphatic rings. The van der Waals surface area contributed by atoms with Crippen molar-refractivity contribution < 1.29 is 0 Å². The number of benzene rings is 2. The summed E-state index contributed by atoms with van der Waals surface area (Å²) in [6.45, 7) is 3.92. The first-order chi connectivity index (χ1) is 10.3. The van der Waals surface area contributed by atoms with Gasteiger partial charge in [-0.2, -0.15) is 0 Å². The lowest BCUT2D eigenvalue weighted by molar-refractivity contribution is 0.726. The van der Waals surface area contributed by atoms with E-state index >= 15 is 0 Å². The number of hydrogen-bond donors (Lipinski definition) is 1. The minimum absolute atomic E-state index is 0.791. The van der Waals surface area contributed by atoms with Crippen LogP contribution in [-0.2, 0) is 13.0 Å². The monoisotopic (exact) mass is 316 g/mol. The van der Waals surface area contributed by atoms with Gasteiger partial charge in [0.05, 0.1) is 15.2 Å². The van der Waals surface area contributed by atoms with Crippen molar-refractivity contribution in [3.8, 4) is 0 Å². The molecule has 0 aliphatic carbocycles. The molecule has 0 aliphatic heterocycles. The average molecular weight is 317 g/mol. The number of nitrogens with zero attached hydrogens (tertiary/aromatic N) is 1. The second kappa shape index (κ2) is 6.56. The molecule has 0 bridgehead atoms. The van der Waals surface area contributed by atoms with Crippen LogP contribution in [0.3, 0.4) is 0 Å². The van der Waals surface area contributed by atoms with Gasteiger partial charge in [0.25, 0.3) is 0 Å². The summed E-state index contributed by atoms with van der Waals surface area (Å²) in [6, 6.07) is 14.5. The molecule has 0 fully saturated rings. The highest BCUT2D eigenvalue weighted by Gasteiger charge is 2.07. The van der Waals surface area contributed by atoms with E-state index in [0.29, 0.717) is 0 Å². The van der Waals surface area contributed by atoms with Gasteiger partial charge in [-0.05, 0) is 35.9 Å². The third kappa shape index (κ3) is 3.43. The molecule has 0 radical (unpaired) electrons. The summed E-state index contributed by atoms with van der Waals surface area (Å²) in [7, 11) is 0. The first kappa shape index (κ1) is 14.5. The molecule has 0 spiro atoms. The normalized spacial score (nSPS) is 11.1. The van der Waals surface area contributed by atoms with Gasteiger partial charge >= 0.3 is 0 Å². The van der Waals surface area contributed by atoms with E-state index < -0.39 is 0 Å². The molecule has 0 amide bonds. The van der Waals surface area contributed by atoms with Crippen molar-refractivity contribution in [2.45, 2.75) is 19.9 Å². The molecule has 0 saturated carbocycles. The third-order valence-electron chi connectivity index (χ3n) is 3.38. The summed E-state index contributed by atoms with van der Waals surface area (Å²) in [5, 5.41) is 5.24. The standard InChI is InChI=1S/C17H17ClN2S/c1-2-19-11-12-7-8-13(14(18)9-12)10-17-20-15-5-3-4-6-16(15)21-17/h3-9,19H,2,10-11H2,1H3. The van der Waals surface area contributed by atoms with Crippen molar-refractivity contribution in [1.82, 2.24) is 10.3 Å². The van der Waals surface area contributed by atoms with Crippen LogP contribution in [0.15, 0.2) is 42.5 Å². The molecule has 4 heteroatoms. The number of rotatable bonds is 5. The molecule has 1 N–H and O–H groups in total. The summed E-state index contributed by atoms with van der Waals surface area (Å²) >= 11 is 8.14. The highest BCUT2D eigenvalue weighted by atomic mass is 35.5. The van der Waals surface area contributed by atoms with E-state index in [9.17, 15) is 0 Å². The molecular weight excluding hydrogens is 300 g/mol. The zero-order valence-corrected chi connectivity index (χ0v) is 13.5. The van der Waals surface area contributed by atoms with Crippen LogP contribution in [-0.4, -0.2) is 11.5 Å². The molecule has 21 heavy (non-hydrogen) atoms. The van der Waals surface area contributed by atoms with Gasteiger partial charge in [0.15, 0.2) is 0 Å². The van der Waals surface area contributed by atoms with Gasteiger partial charge in [0.1, 0.15) is 0 Å². The lowest BCUT2D eigenvalue weighted by atomic mass is 10.1. The number of nitrogens with one attached hydrogen (secondary N) is 1. The van der Waals surface area contributed by atoms with Crippen LogP contribution in [0, 0.1) is 0 Å². The lowest BCUT2D eigenvalue weighted by Gasteiger charge is -2.06. The second-order valence-corrected chi connectivity index (χ2v) is 6.48. The van der Waals surface area contributed by atoms with Gasteiger partial charge in [-0.3, -0.25) is 0 Å². The number of para-hydroxylation sites is 1. The number of fused-ring (bicyclic) bond motifs is 1. The molecule has 0 unspecified atom stereocenters. The van der Waals surface area contributed by atoms with Crippen molar-refractivity contribution in [1.29, 1.82) is 0 Å². The van der Waals surface area contributed by atoms with Gasteiger partial charge in [0.2, 0.25) is 0 Å². The van der Waals surface area contributed by atoms with Crippen LogP contribution in [0.25, 0.3) is 10.2 Å². The van der Waals surface area contributed by atoms with Crippen LogP contribution in [0.2, 0.25) is 5.02 Å². The van der Waals surface area contributed by atoms with Crippen LogP contribution in [0.1, 0.15) is 23.1 Å². The molecule has 1 aromatic heterocycles. The number of hydrogen-bond acceptors (Lipinski definition) is 3. The second-order valence-electron chi connectivity index (χ2n) is 4.96. The van der Waals surface area contributed by atoms with E-state index in [1.165, 1.54) is 10.3 Å². The zero-order chi connectivity index (χ0) is 14.7. The fourth-order valence-electron chi connectivity index (χ4n) is 2.27. The van der Waals surface area contributed by atoms with Crippen LogP contribution in [0.4, 0.5) is 0 Å². The molecular formula is C17H17ClN2S. The maximum Gasteiger partial charge on any atom is 0.0982 e. The van der Waals surface area contributed by atoms with Crippen LogP contribution >= 0.6 is 22.9 Å². The summed E-state index contributed by atoms with van der Waals surface area (Å²) in [5.41, 5.74) is 3.42. The minimum atomic E-state index is 0.791. The van der Waals surface area contributed by atoms with E-state index in [4.69, 9.17) is 11.6 Å². The third-order valence-corrected chi connectivity index (χ3v) is 4.76. The lowest BCUT2D eigenvalue weighted by Crippen LogP contribution is -2.11. The molecule has 0 atom stereocenters. The summed E-state index contributed by atoms with van der Waals surface area (Å²) in [4.78, 5) is 4.67. The summed E-state index contributed by atoms with van der Waals surface area (Å²) < 4.78 is 1.23. The first-order valence-corrected chi connectivity index (χ1v) is 8.28. The maximum absolute atomic E-state index is 6.41. The van der Waals surface area contributed by atoms with Gasteiger partial charge in [-0.1, -0.05) is 42.8 Å². The molecule has 2 aromatic carbocycles. The van der Waals surface area contributed by atoms with E-state index in [0.717, 1.165) is 40.6 Å². The summed E-state index contributed by atoms with van der Waals surface area (Å²) in [5.74, 6) is 0. The zero-order valence-electron chi connectivity index (χ0n) is 11.9. The van der Waals surface area contributed by atoms with Crippen molar-refractivity contribution in [2.75, 3.05) is 6.54 Å². The Labute approximate surface area is 133 Å². The van der Waals surface area contributed by atoms with Gasteiger partial charge < -0.3 is 5.32 Å². The topological polar surface area (TPSA) is 24.9 Å². The highest BCUT2D eigenvalue weighted by Crippen LogP contribution is 2.26. The summed E-state index contributed by atoms with van der Waals surface area (Å²) in [6.07, 6.45) is 0.791. The van der Waals surface area contributed by atoms with E-state index in [1.54, 1.807) is 11.3 Å². The number of halogens is 1. The first-order valence-electron chi connectivity index (χ1n) is 7.08. The fourth-order valence-corrected chi connectivity index (χ4v) is 3.53. The Morgan fingerprint density at radius 2 is 2.05 bits per heavy atom. The number of aromatic nitrogens is 1. The SMILES string of the molecule is CCNCc1ccc(Cc2nc3ccccc3s2)c(Cl)c1. The Hall–Kier alpha value is -1.42. The van der Waals surface area contributed by atoms with Crippen LogP contribution < -0.4 is 5.32 Å². The van der Waals surface area contributed by atoms with Crippen molar-refractivity contribution >= 4 is 33.2 Å². The Morgan fingerprint density at radius 3 is 2.81 bits per heavy atom.